The molecule has 3 rings (SSSR count). The van der Waals surface area contributed by atoms with Gasteiger partial charge in [-0.1, -0.05) is 29.8 Å². The number of hydrogen-bond donors (Lipinski definition) is 2. The summed E-state index contributed by atoms with van der Waals surface area (Å²) < 4.78 is 0. The molecular weight excluding hydrogens is 276 g/mol. The fraction of sp³-hybridized carbons (Fsp3) is 0.214. The van der Waals surface area contributed by atoms with E-state index >= 15 is 0 Å². The van der Waals surface area contributed by atoms with E-state index in [1.165, 1.54) is 0 Å². The number of nitrogens with zero attached hydrogens (tertiary/aromatic N) is 2. The van der Waals surface area contributed by atoms with E-state index in [0.29, 0.717) is 11.0 Å². The van der Waals surface area contributed by atoms with Gasteiger partial charge in [-0.05, 0) is 30.2 Å². The van der Waals surface area contributed by atoms with Crippen LogP contribution in [0.15, 0.2) is 36.4 Å². The van der Waals surface area contributed by atoms with Crippen LogP contribution < -0.4 is 10.6 Å². The van der Waals surface area contributed by atoms with Crippen LogP contribution in [0.2, 0.25) is 5.15 Å². The molecule has 1 amide bonds. The average molecular weight is 289 g/mol. The number of carbonyl (C=O) groups is 1. The molecule has 0 saturated heterocycles. The Morgan fingerprint density at radius 2 is 2.10 bits per heavy atom. The highest BCUT2D eigenvalue weighted by atomic mass is 35.5. The van der Waals surface area contributed by atoms with Crippen molar-refractivity contribution in [2.45, 2.75) is 12.3 Å². The molecule has 20 heavy (non-hydrogen) atoms. The first kappa shape index (κ1) is 12.9. The highest BCUT2D eigenvalue weighted by Crippen LogP contribution is 2.31. The fourth-order valence-corrected chi connectivity index (χ4v) is 2.44. The van der Waals surface area contributed by atoms with Crippen LogP contribution in [0, 0.1) is 0 Å². The number of fused-ring (bicyclic) bond motifs is 1. The fourth-order valence-electron chi connectivity index (χ4n) is 2.34. The van der Waals surface area contributed by atoms with E-state index in [4.69, 9.17) is 11.6 Å². The molecule has 0 aliphatic carbocycles. The quantitative estimate of drug-likeness (QED) is 0.891. The Morgan fingerprint density at radius 3 is 2.90 bits per heavy atom. The molecule has 5 nitrogen and oxygen atoms in total. The van der Waals surface area contributed by atoms with E-state index < -0.39 is 0 Å². The number of amides is 1. The molecule has 6 heteroatoms. The van der Waals surface area contributed by atoms with Gasteiger partial charge in [-0.15, -0.1) is 10.2 Å². The summed E-state index contributed by atoms with van der Waals surface area (Å²) >= 11 is 5.67. The molecule has 2 aromatic rings. The van der Waals surface area contributed by atoms with Crippen molar-refractivity contribution in [3.63, 3.8) is 0 Å². The van der Waals surface area contributed by atoms with E-state index in [1.807, 2.05) is 24.3 Å². The molecule has 1 aliphatic rings. The molecular formula is C14H13ClN4O. The topological polar surface area (TPSA) is 66.9 Å². The normalized spacial score (nSPS) is 16.9. The van der Waals surface area contributed by atoms with Crippen LogP contribution in [-0.4, -0.2) is 22.6 Å². The molecule has 102 valence electrons. The van der Waals surface area contributed by atoms with Crippen LogP contribution in [0.25, 0.3) is 0 Å². The summed E-state index contributed by atoms with van der Waals surface area (Å²) in [6.45, 7) is 0.779. The minimum absolute atomic E-state index is 0.0735. The summed E-state index contributed by atoms with van der Waals surface area (Å²) in [6.07, 6.45) is 0.754. The van der Waals surface area contributed by atoms with Gasteiger partial charge in [-0.2, -0.15) is 0 Å². The molecule has 2 heterocycles. The van der Waals surface area contributed by atoms with Crippen molar-refractivity contribution in [1.29, 1.82) is 0 Å². The molecule has 0 saturated carbocycles. The largest absolute Gasteiger partial charge is 0.385 e. The third-order valence-corrected chi connectivity index (χ3v) is 3.49. The van der Waals surface area contributed by atoms with Crippen molar-refractivity contribution < 1.29 is 4.79 Å². The van der Waals surface area contributed by atoms with Gasteiger partial charge < -0.3 is 10.6 Å². The Balaban J connectivity index is 1.80. The number of aromatic nitrogens is 2. The predicted molar refractivity (Wildman–Crippen MR) is 78.0 cm³/mol. The van der Waals surface area contributed by atoms with Gasteiger partial charge in [0, 0.05) is 12.2 Å². The zero-order chi connectivity index (χ0) is 13.9. The van der Waals surface area contributed by atoms with Crippen LogP contribution in [0.4, 0.5) is 11.5 Å². The number of rotatable bonds is 2. The lowest BCUT2D eigenvalue weighted by Crippen LogP contribution is -2.27. The first-order valence-corrected chi connectivity index (χ1v) is 6.75. The number of hydrogen-bond acceptors (Lipinski definition) is 4. The Morgan fingerprint density at radius 1 is 1.25 bits per heavy atom. The number of nitrogens with one attached hydrogen (secondary N) is 2. The molecule has 1 unspecified atom stereocenters. The lowest BCUT2D eigenvalue weighted by atomic mass is 9.90. The number of halogens is 1. The Bertz CT molecular complexity index is 629. The second kappa shape index (κ2) is 5.46. The highest BCUT2D eigenvalue weighted by Gasteiger charge is 2.26. The number of carbonyl (C=O) groups excluding carboxylic acids is 1. The summed E-state index contributed by atoms with van der Waals surface area (Å²) in [5.74, 6) is 0.163. The second-order valence-electron chi connectivity index (χ2n) is 4.59. The van der Waals surface area contributed by atoms with Gasteiger partial charge in [0.05, 0.1) is 5.92 Å². The molecule has 1 aliphatic heterocycles. The maximum atomic E-state index is 12.4. The van der Waals surface area contributed by atoms with Crippen LogP contribution in [0.3, 0.4) is 0 Å². The average Bonchev–Trinajstić information content (AvgIpc) is 2.49. The Kier molecular flexibility index (Phi) is 3.52. The van der Waals surface area contributed by atoms with Crippen LogP contribution >= 0.6 is 11.6 Å². The van der Waals surface area contributed by atoms with Crippen LogP contribution in [0.5, 0.6) is 0 Å². The Labute approximate surface area is 121 Å². The summed E-state index contributed by atoms with van der Waals surface area (Å²) in [5.41, 5.74) is 2.03. The van der Waals surface area contributed by atoms with E-state index in [-0.39, 0.29) is 11.8 Å². The molecule has 0 radical (unpaired) electrons. The van der Waals surface area contributed by atoms with Crippen molar-refractivity contribution >= 4 is 29.0 Å². The monoisotopic (exact) mass is 288 g/mol. The van der Waals surface area contributed by atoms with Crippen molar-refractivity contribution in [3.8, 4) is 0 Å². The van der Waals surface area contributed by atoms with Crippen LogP contribution in [0.1, 0.15) is 17.9 Å². The van der Waals surface area contributed by atoms with Gasteiger partial charge in [0.1, 0.15) is 0 Å². The number of anilines is 2. The first-order chi connectivity index (χ1) is 9.74. The second-order valence-corrected chi connectivity index (χ2v) is 4.97. The summed E-state index contributed by atoms with van der Waals surface area (Å²) in [7, 11) is 0. The van der Waals surface area contributed by atoms with Gasteiger partial charge in [-0.25, -0.2) is 0 Å². The molecule has 1 atom stereocenters. The van der Waals surface area contributed by atoms with E-state index in [2.05, 4.69) is 20.8 Å². The zero-order valence-electron chi connectivity index (χ0n) is 10.6. The lowest BCUT2D eigenvalue weighted by Gasteiger charge is -2.25. The van der Waals surface area contributed by atoms with Gasteiger partial charge in [0.25, 0.3) is 0 Å². The first-order valence-electron chi connectivity index (χ1n) is 6.37. The third-order valence-electron chi connectivity index (χ3n) is 3.28. The van der Waals surface area contributed by atoms with Gasteiger partial charge >= 0.3 is 0 Å². The van der Waals surface area contributed by atoms with E-state index in [9.17, 15) is 4.79 Å². The van der Waals surface area contributed by atoms with Crippen molar-refractivity contribution in [2.24, 2.45) is 0 Å². The summed E-state index contributed by atoms with van der Waals surface area (Å²) in [6, 6.07) is 11.1. The zero-order valence-corrected chi connectivity index (χ0v) is 11.4. The Hall–Kier alpha value is -2.14. The van der Waals surface area contributed by atoms with E-state index in [0.717, 1.165) is 24.2 Å². The lowest BCUT2D eigenvalue weighted by molar-refractivity contribution is -0.117. The molecule has 0 bridgehead atoms. The van der Waals surface area contributed by atoms with Gasteiger partial charge in [0.15, 0.2) is 11.0 Å². The number of benzene rings is 1. The summed E-state index contributed by atoms with van der Waals surface area (Å²) in [4.78, 5) is 12.4. The third kappa shape index (κ3) is 2.58. The predicted octanol–water partition coefficient (Wildman–Crippen LogP) is 2.67. The van der Waals surface area contributed by atoms with Crippen LogP contribution in [-0.2, 0) is 4.79 Å². The van der Waals surface area contributed by atoms with Gasteiger partial charge in [-0.3, -0.25) is 4.79 Å². The molecule has 0 spiro atoms. The minimum Gasteiger partial charge on any atom is -0.385 e. The molecule has 1 aromatic heterocycles. The van der Waals surface area contributed by atoms with Gasteiger partial charge in [0.2, 0.25) is 5.91 Å². The smallest absolute Gasteiger partial charge is 0.233 e. The molecule has 1 aromatic carbocycles. The standard InChI is InChI=1S/C14H13ClN4O/c15-12-5-6-13(19-18-12)17-14(20)10-7-8-16-11-4-2-1-3-9(10)11/h1-6,10,16H,7-8H2,(H,17,19,20). The molecule has 2 N–H and O–H groups in total. The maximum Gasteiger partial charge on any atom is 0.233 e. The van der Waals surface area contributed by atoms with Crippen molar-refractivity contribution in [3.05, 3.63) is 47.1 Å². The minimum atomic E-state index is -0.176. The number of para-hydroxylation sites is 1. The summed E-state index contributed by atoms with van der Waals surface area (Å²) in [5, 5.41) is 13.9. The van der Waals surface area contributed by atoms with Crippen molar-refractivity contribution in [2.75, 3.05) is 17.2 Å². The molecule has 0 fully saturated rings. The maximum absolute atomic E-state index is 12.4. The highest BCUT2D eigenvalue weighted by molar-refractivity contribution is 6.29. The van der Waals surface area contributed by atoms with Crippen molar-refractivity contribution in [1.82, 2.24) is 10.2 Å². The SMILES string of the molecule is O=C(Nc1ccc(Cl)nn1)C1CCNc2ccccc21. The van der Waals surface area contributed by atoms with E-state index in [1.54, 1.807) is 12.1 Å².